The summed E-state index contributed by atoms with van der Waals surface area (Å²) in [4.78, 5) is 11.8. The first-order chi connectivity index (χ1) is 7.86. The van der Waals surface area contributed by atoms with Crippen LogP contribution in [0.2, 0.25) is 0 Å². The predicted octanol–water partition coefficient (Wildman–Crippen LogP) is 3.26. The summed E-state index contributed by atoms with van der Waals surface area (Å²) in [6, 6.07) is 0. The number of carbonyl (C=O) groups is 1. The summed E-state index contributed by atoms with van der Waals surface area (Å²) in [5.74, 6) is 1.11. The molecule has 4 saturated carbocycles. The first kappa shape index (κ1) is 11.6. The minimum Gasteiger partial charge on any atom is -0.351 e. The summed E-state index contributed by atoms with van der Waals surface area (Å²) in [6.45, 7) is 6.85. The van der Waals surface area contributed by atoms with Gasteiger partial charge in [0.25, 0.3) is 0 Å². The number of amides is 1. The van der Waals surface area contributed by atoms with E-state index in [0.717, 1.165) is 5.92 Å². The average molecular weight is 235 g/mol. The van der Waals surface area contributed by atoms with Crippen molar-refractivity contribution in [3.63, 3.8) is 0 Å². The van der Waals surface area contributed by atoms with Gasteiger partial charge in [0.2, 0.25) is 5.91 Å². The zero-order valence-corrected chi connectivity index (χ0v) is 11.4. The van der Waals surface area contributed by atoms with Crippen LogP contribution in [0, 0.1) is 16.7 Å². The lowest BCUT2D eigenvalue weighted by atomic mass is 9.43. The molecule has 4 fully saturated rings. The number of hydrogen-bond donors (Lipinski definition) is 1. The molecule has 4 aliphatic rings. The molecule has 17 heavy (non-hydrogen) atoms. The van der Waals surface area contributed by atoms with Gasteiger partial charge >= 0.3 is 0 Å². The van der Waals surface area contributed by atoms with E-state index >= 15 is 0 Å². The third kappa shape index (κ3) is 1.80. The van der Waals surface area contributed by atoms with Gasteiger partial charge in [-0.15, -0.1) is 0 Å². The molecule has 4 bridgehead atoms. The third-order valence-electron chi connectivity index (χ3n) is 5.35. The van der Waals surface area contributed by atoms with Crippen LogP contribution in [0.5, 0.6) is 0 Å². The second kappa shape index (κ2) is 3.27. The molecule has 1 amide bonds. The van der Waals surface area contributed by atoms with Gasteiger partial charge in [-0.1, -0.05) is 20.8 Å². The normalized spacial score (nSPS) is 51.6. The molecule has 96 valence electrons. The van der Waals surface area contributed by atoms with E-state index in [1.165, 1.54) is 38.5 Å². The van der Waals surface area contributed by atoms with Gasteiger partial charge in [0.05, 0.1) is 0 Å². The van der Waals surface area contributed by atoms with Crippen molar-refractivity contribution >= 4 is 5.91 Å². The van der Waals surface area contributed by atoms with Crippen LogP contribution in [0.1, 0.15) is 65.7 Å². The lowest BCUT2D eigenvalue weighted by Crippen LogP contribution is -2.65. The van der Waals surface area contributed by atoms with E-state index in [1.54, 1.807) is 0 Å². The molecule has 2 unspecified atom stereocenters. The molecule has 1 N–H and O–H groups in total. The van der Waals surface area contributed by atoms with Gasteiger partial charge in [-0.05, 0) is 55.3 Å². The van der Waals surface area contributed by atoms with Crippen LogP contribution in [-0.2, 0) is 4.79 Å². The Hall–Kier alpha value is -0.530. The molecule has 0 saturated heterocycles. The van der Waals surface area contributed by atoms with E-state index in [4.69, 9.17) is 0 Å². The number of nitrogens with one attached hydrogen (secondary N) is 1. The molecule has 2 heteroatoms. The minimum atomic E-state index is 0.149. The van der Waals surface area contributed by atoms with Gasteiger partial charge in [0, 0.05) is 12.0 Å². The zero-order valence-electron chi connectivity index (χ0n) is 11.4. The fourth-order valence-corrected chi connectivity index (χ4v) is 5.97. The highest BCUT2D eigenvalue weighted by Crippen LogP contribution is 2.66. The van der Waals surface area contributed by atoms with Crippen molar-refractivity contribution in [1.82, 2.24) is 5.32 Å². The molecule has 0 radical (unpaired) electrons. The molecule has 0 heterocycles. The topological polar surface area (TPSA) is 29.1 Å². The van der Waals surface area contributed by atoms with Crippen LogP contribution in [-0.4, -0.2) is 11.4 Å². The van der Waals surface area contributed by atoms with E-state index in [0.29, 0.717) is 17.3 Å². The molecule has 2 atom stereocenters. The van der Waals surface area contributed by atoms with Gasteiger partial charge in [0.1, 0.15) is 0 Å². The predicted molar refractivity (Wildman–Crippen MR) is 68.6 cm³/mol. The molecule has 0 spiro atoms. The van der Waals surface area contributed by atoms with Crippen LogP contribution in [0.3, 0.4) is 0 Å². The number of hydrogen-bond acceptors (Lipinski definition) is 1. The maximum atomic E-state index is 11.8. The summed E-state index contributed by atoms with van der Waals surface area (Å²) in [5.41, 5.74) is 1.14. The molecular weight excluding hydrogens is 210 g/mol. The lowest BCUT2D eigenvalue weighted by Gasteiger charge is -2.65. The van der Waals surface area contributed by atoms with Gasteiger partial charge < -0.3 is 5.32 Å². The zero-order chi connectivity index (χ0) is 12.3. The Balaban J connectivity index is 1.89. The average Bonchev–Trinajstić information content (AvgIpc) is 2.10. The Morgan fingerprint density at radius 1 is 1.12 bits per heavy atom. The molecule has 0 aromatic rings. The second-order valence-electron chi connectivity index (χ2n) is 7.81. The molecule has 4 aliphatic carbocycles. The van der Waals surface area contributed by atoms with E-state index in [-0.39, 0.29) is 11.4 Å². The Morgan fingerprint density at radius 2 is 1.71 bits per heavy atom. The van der Waals surface area contributed by atoms with E-state index in [1.807, 2.05) is 6.92 Å². The lowest BCUT2D eigenvalue weighted by molar-refractivity contribution is -0.139. The molecule has 4 rings (SSSR count). The van der Waals surface area contributed by atoms with Gasteiger partial charge in [-0.2, -0.15) is 0 Å². The first-order valence-electron chi connectivity index (χ1n) is 7.17. The summed E-state index contributed by atoms with van der Waals surface area (Å²) in [5, 5.41) is 3.39. The van der Waals surface area contributed by atoms with Gasteiger partial charge in [-0.25, -0.2) is 0 Å². The maximum Gasteiger partial charge on any atom is 0.220 e. The van der Waals surface area contributed by atoms with Crippen LogP contribution in [0.4, 0.5) is 0 Å². The summed E-state index contributed by atoms with van der Waals surface area (Å²) in [7, 11) is 0. The highest BCUT2D eigenvalue weighted by molar-refractivity contribution is 5.76. The summed E-state index contributed by atoms with van der Waals surface area (Å²) < 4.78 is 0. The Labute approximate surface area is 105 Å². The highest BCUT2D eigenvalue weighted by Gasteiger charge is 2.60. The SMILES string of the molecule is CCC(=O)NC12CC3CC(C)(CC(C)(C3)C1)C2. The van der Waals surface area contributed by atoms with Crippen molar-refractivity contribution in [3.8, 4) is 0 Å². The first-order valence-corrected chi connectivity index (χ1v) is 7.17. The summed E-state index contributed by atoms with van der Waals surface area (Å²) >= 11 is 0. The smallest absolute Gasteiger partial charge is 0.220 e. The van der Waals surface area contributed by atoms with Crippen molar-refractivity contribution in [1.29, 1.82) is 0 Å². The number of rotatable bonds is 2. The maximum absolute atomic E-state index is 11.8. The van der Waals surface area contributed by atoms with E-state index < -0.39 is 0 Å². The largest absolute Gasteiger partial charge is 0.351 e. The van der Waals surface area contributed by atoms with Crippen molar-refractivity contribution in [2.24, 2.45) is 16.7 Å². The monoisotopic (exact) mass is 235 g/mol. The van der Waals surface area contributed by atoms with Crippen LogP contribution in [0.15, 0.2) is 0 Å². The van der Waals surface area contributed by atoms with E-state index in [9.17, 15) is 4.79 Å². The fourth-order valence-electron chi connectivity index (χ4n) is 5.97. The van der Waals surface area contributed by atoms with Crippen molar-refractivity contribution in [2.45, 2.75) is 71.3 Å². The summed E-state index contributed by atoms with van der Waals surface area (Å²) in [6.07, 6.45) is 8.47. The van der Waals surface area contributed by atoms with Gasteiger partial charge in [-0.3, -0.25) is 4.79 Å². The Kier molecular flexibility index (Phi) is 2.22. The van der Waals surface area contributed by atoms with Crippen molar-refractivity contribution < 1.29 is 4.79 Å². The molecule has 0 aromatic carbocycles. The standard InChI is InChI=1S/C15H25NO/c1-4-12(17)16-15-7-11-5-13(2,9-15)8-14(3,6-11)10-15/h11H,4-10H2,1-3H3,(H,16,17). The van der Waals surface area contributed by atoms with Crippen molar-refractivity contribution in [2.75, 3.05) is 0 Å². The van der Waals surface area contributed by atoms with Crippen LogP contribution in [0.25, 0.3) is 0 Å². The molecule has 0 aliphatic heterocycles. The van der Waals surface area contributed by atoms with Crippen LogP contribution >= 0.6 is 0 Å². The quantitative estimate of drug-likeness (QED) is 0.782. The molecular formula is C15H25NO. The van der Waals surface area contributed by atoms with Gasteiger partial charge in [0.15, 0.2) is 0 Å². The number of carbonyl (C=O) groups excluding carboxylic acids is 1. The minimum absolute atomic E-state index is 0.149. The van der Waals surface area contributed by atoms with Crippen molar-refractivity contribution in [3.05, 3.63) is 0 Å². The highest BCUT2D eigenvalue weighted by atomic mass is 16.1. The molecule has 2 nitrogen and oxygen atoms in total. The Bertz CT molecular complexity index is 344. The Morgan fingerprint density at radius 3 is 2.18 bits per heavy atom. The second-order valence-corrected chi connectivity index (χ2v) is 7.81. The fraction of sp³-hybridized carbons (Fsp3) is 0.933. The van der Waals surface area contributed by atoms with Crippen LogP contribution < -0.4 is 5.32 Å². The molecule has 0 aromatic heterocycles. The third-order valence-corrected chi connectivity index (χ3v) is 5.35. The van der Waals surface area contributed by atoms with E-state index in [2.05, 4.69) is 19.2 Å².